The molecule has 0 saturated heterocycles. The van der Waals surface area contributed by atoms with Gasteiger partial charge in [-0.15, -0.1) is 0 Å². The lowest BCUT2D eigenvalue weighted by atomic mass is 9.75. The molecule has 0 heteroatoms. The van der Waals surface area contributed by atoms with Crippen LogP contribution >= 0.6 is 0 Å². The molecule has 0 N–H and O–H groups in total. The van der Waals surface area contributed by atoms with Gasteiger partial charge in [-0.3, -0.25) is 0 Å². The molecule has 9 heavy (non-hydrogen) atoms. The van der Waals surface area contributed by atoms with Crippen molar-refractivity contribution in [2.75, 3.05) is 0 Å². The molecule has 0 aromatic rings. The fourth-order valence-electron chi connectivity index (χ4n) is 1.50. The predicted molar refractivity (Wildman–Crippen MR) is 41.3 cm³/mol. The number of hydrogen-bond acceptors (Lipinski definition) is 0. The average molecular weight is 122 g/mol. The third-order valence-corrected chi connectivity index (χ3v) is 2.09. The van der Waals surface area contributed by atoms with E-state index in [-0.39, 0.29) is 0 Å². The van der Waals surface area contributed by atoms with Crippen molar-refractivity contribution in [3.63, 3.8) is 0 Å². The zero-order chi connectivity index (χ0) is 6.85. The van der Waals surface area contributed by atoms with Crippen LogP contribution in [0.2, 0.25) is 0 Å². The van der Waals surface area contributed by atoms with E-state index in [2.05, 4.69) is 32.9 Å². The summed E-state index contributed by atoms with van der Waals surface area (Å²) < 4.78 is 0. The molecule has 1 atom stereocenters. The molecular formula is C9H14. The Bertz CT molecular complexity index is 161. The molecule has 1 saturated carbocycles. The van der Waals surface area contributed by atoms with Crippen LogP contribution < -0.4 is 0 Å². The summed E-state index contributed by atoms with van der Waals surface area (Å²) in [5.41, 5.74) is 3.10. The molecule has 1 rings (SSSR count). The van der Waals surface area contributed by atoms with Crippen molar-refractivity contribution >= 4 is 0 Å². The maximum absolute atomic E-state index is 2.28. The molecule has 0 radical (unpaired) electrons. The molecular weight excluding hydrogens is 108 g/mol. The van der Waals surface area contributed by atoms with Crippen LogP contribution in [0.1, 0.15) is 27.2 Å². The summed E-state index contributed by atoms with van der Waals surface area (Å²) >= 11 is 0. The summed E-state index contributed by atoms with van der Waals surface area (Å²) in [6.45, 7) is 6.52. The quantitative estimate of drug-likeness (QED) is 0.463. The lowest BCUT2D eigenvalue weighted by Gasteiger charge is -2.29. The van der Waals surface area contributed by atoms with Gasteiger partial charge in [0.25, 0.3) is 0 Å². The molecule has 1 unspecified atom stereocenters. The molecule has 0 amide bonds. The van der Waals surface area contributed by atoms with Crippen molar-refractivity contribution in [3.05, 3.63) is 23.3 Å². The molecule has 50 valence electrons. The molecule has 0 spiro atoms. The van der Waals surface area contributed by atoms with Gasteiger partial charge in [0, 0.05) is 0 Å². The summed E-state index contributed by atoms with van der Waals surface area (Å²) in [6, 6.07) is 0. The van der Waals surface area contributed by atoms with Gasteiger partial charge in [0.2, 0.25) is 0 Å². The van der Waals surface area contributed by atoms with E-state index in [0.717, 1.165) is 5.92 Å². The summed E-state index contributed by atoms with van der Waals surface area (Å²) in [6.07, 6.45) is 5.73. The molecule has 0 aliphatic heterocycles. The lowest BCUT2D eigenvalue weighted by molar-refractivity contribution is 0.589. The number of rotatable bonds is 0. The Morgan fingerprint density at radius 1 is 1.33 bits per heavy atom. The van der Waals surface area contributed by atoms with E-state index in [9.17, 15) is 0 Å². The third-order valence-electron chi connectivity index (χ3n) is 2.09. The zero-order valence-electron chi connectivity index (χ0n) is 6.44. The first kappa shape index (κ1) is 6.60. The highest BCUT2D eigenvalue weighted by molar-refractivity contribution is 5.41. The van der Waals surface area contributed by atoms with Crippen molar-refractivity contribution < 1.29 is 0 Å². The van der Waals surface area contributed by atoms with E-state index in [4.69, 9.17) is 0 Å². The first-order valence-electron chi connectivity index (χ1n) is 3.61. The molecule has 0 aromatic heterocycles. The first-order valence-corrected chi connectivity index (χ1v) is 3.61. The Kier molecular flexibility index (Phi) is 1.75. The van der Waals surface area contributed by atoms with Crippen molar-refractivity contribution in [1.82, 2.24) is 0 Å². The van der Waals surface area contributed by atoms with Gasteiger partial charge in [-0.05, 0) is 37.3 Å². The normalized spacial score (nSPS) is 35.2. The van der Waals surface area contributed by atoms with Crippen molar-refractivity contribution in [2.24, 2.45) is 5.92 Å². The summed E-state index contributed by atoms with van der Waals surface area (Å²) in [4.78, 5) is 0. The Morgan fingerprint density at radius 2 is 2.00 bits per heavy atom. The molecule has 0 bridgehead atoms. The number of hydrogen-bond donors (Lipinski definition) is 0. The molecule has 1 aliphatic carbocycles. The second-order valence-electron chi connectivity index (χ2n) is 2.66. The van der Waals surface area contributed by atoms with Gasteiger partial charge in [-0.2, -0.15) is 0 Å². The molecule has 0 nitrogen and oxygen atoms in total. The van der Waals surface area contributed by atoms with Crippen LogP contribution in [0.15, 0.2) is 23.3 Å². The fraction of sp³-hybridized carbons (Fsp3) is 0.556. The van der Waals surface area contributed by atoms with Gasteiger partial charge < -0.3 is 0 Å². The average Bonchev–Trinajstić information content (AvgIpc) is 1.83. The SMILES string of the molecule is C/C=C1/CC(C)/C1=C/C. The van der Waals surface area contributed by atoms with Crippen LogP contribution in [-0.2, 0) is 0 Å². The van der Waals surface area contributed by atoms with Gasteiger partial charge in [-0.25, -0.2) is 0 Å². The zero-order valence-corrected chi connectivity index (χ0v) is 6.44. The highest BCUT2D eigenvalue weighted by Gasteiger charge is 2.22. The molecule has 1 fully saturated rings. The summed E-state index contributed by atoms with van der Waals surface area (Å²) in [7, 11) is 0. The summed E-state index contributed by atoms with van der Waals surface area (Å²) in [5.74, 6) is 0.821. The number of allylic oxidation sites excluding steroid dienone is 4. The van der Waals surface area contributed by atoms with Crippen LogP contribution in [0.3, 0.4) is 0 Å². The largest absolute Gasteiger partial charge is 0.0841 e. The highest BCUT2D eigenvalue weighted by atomic mass is 14.3. The Hall–Kier alpha value is -0.520. The van der Waals surface area contributed by atoms with Crippen LogP contribution in [0.4, 0.5) is 0 Å². The highest BCUT2D eigenvalue weighted by Crippen LogP contribution is 2.38. The summed E-state index contributed by atoms with van der Waals surface area (Å²) in [5, 5.41) is 0. The first-order chi connectivity index (χ1) is 4.29. The topological polar surface area (TPSA) is 0 Å². The maximum Gasteiger partial charge on any atom is -0.0151 e. The maximum atomic E-state index is 2.28. The van der Waals surface area contributed by atoms with Crippen molar-refractivity contribution in [1.29, 1.82) is 0 Å². The minimum absolute atomic E-state index is 0.821. The molecule has 0 heterocycles. The van der Waals surface area contributed by atoms with E-state index < -0.39 is 0 Å². The van der Waals surface area contributed by atoms with Gasteiger partial charge in [-0.1, -0.05) is 19.1 Å². The monoisotopic (exact) mass is 122 g/mol. The lowest BCUT2D eigenvalue weighted by Crippen LogP contribution is -2.14. The van der Waals surface area contributed by atoms with Crippen molar-refractivity contribution in [3.8, 4) is 0 Å². The van der Waals surface area contributed by atoms with Gasteiger partial charge in [0.05, 0.1) is 0 Å². The van der Waals surface area contributed by atoms with E-state index in [1.54, 1.807) is 11.1 Å². The van der Waals surface area contributed by atoms with E-state index >= 15 is 0 Å². The smallest absolute Gasteiger partial charge is 0.0151 e. The van der Waals surface area contributed by atoms with Gasteiger partial charge in [0.15, 0.2) is 0 Å². The van der Waals surface area contributed by atoms with E-state index in [0.29, 0.717) is 0 Å². The fourth-order valence-corrected chi connectivity index (χ4v) is 1.50. The minimum atomic E-state index is 0.821. The standard InChI is InChI=1S/C9H14/c1-4-8-6-7(3)9(8)5-2/h4-5,7H,6H2,1-3H3/b8-4-,9-5-. The van der Waals surface area contributed by atoms with Crippen LogP contribution in [-0.4, -0.2) is 0 Å². The van der Waals surface area contributed by atoms with Crippen molar-refractivity contribution in [2.45, 2.75) is 27.2 Å². The van der Waals surface area contributed by atoms with E-state index in [1.807, 2.05) is 0 Å². The minimum Gasteiger partial charge on any atom is -0.0841 e. The second-order valence-corrected chi connectivity index (χ2v) is 2.66. The Balaban J connectivity index is 2.70. The van der Waals surface area contributed by atoms with Crippen LogP contribution in [0.5, 0.6) is 0 Å². The van der Waals surface area contributed by atoms with Crippen LogP contribution in [0, 0.1) is 5.92 Å². The van der Waals surface area contributed by atoms with Crippen LogP contribution in [0.25, 0.3) is 0 Å². The Morgan fingerprint density at radius 3 is 2.22 bits per heavy atom. The molecule has 1 aliphatic rings. The van der Waals surface area contributed by atoms with Gasteiger partial charge >= 0.3 is 0 Å². The predicted octanol–water partition coefficient (Wildman–Crippen LogP) is 2.92. The molecule has 0 aromatic carbocycles. The van der Waals surface area contributed by atoms with Gasteiger partial charge in [0.1, 0.15) is 0 Å². The second kappa shape index (κ2) is 2.38. The Labute approximate surface area is 57.3 Å². The third kappa shape index (κ3) is 0.937. The van der Waals surface area contributed by atoms with E-state index in [1.165, 1.54) is 6.42 Å².